The van der Waals surface area contributed by atoms with Crippen LogP contribution >= 0.6 is 0 Å². The van der Waals surface area contributed by atoms with E-state index in [9.17, 15) is 9.59 Å². The molecule has 0 atom stereocenters. The first-order valence-corrected chi connectivity index (χ1v) is 11.3. The van der Waals surface area contributed by atoms with Gasteiger partial charge in [0.25, 0.3) is 5.91 Å². The number of nitrogens with one attached hydrogen (secondary N) is 1. The van der Waals surface area contributed by atoms with Gasteiger partial charge in [-0.15, -0.1) is 0 Å². The van der Waals surface area contributed by atoms with Gasteiger partial charge in [0.2, 0.25) is 5.82 Å². The molecule has 0 bridgehead atoms. The average molecular weight is 453 g/mol. The summed E-state index contributed by atoms with van der Waals surface area (Å²) in [6.45, 7) is 0.624. The fourth-order valence-electron chi connectivity index (χ4n) is 5.08. The van der Waals surface area contributed by atoms with Crippen LogP contribution in [0.1, 0.15) is 41.9 Å². The van der Waals surface area contributed by atoms with Gasteiger partial charge in [-0.05, 0) is 45.3 Å². The van der Waals surface area contributed by atoms with Gasteiger partial charge in [0.05, 0.1) is 36.8 Å². The van der Waals surface area contributed by atoms with E-state index < -0.39 is 0 Å². The predicted molar refractivity (Wildman–Crippen MR) is 125 cm³/mol. The van der Waals surface area contributed by atoms with E-state index in [-0.39, 0.29) is 42.0 Å². The molecule has 1 aromatic carbocycles. The number of carbonyl (C=O) groups excluding carboxylic acids is 2. The van der Waals surface area contributed by atoms with Crippen LogP contribution in [0.15, 0.2) is 42.7 Å². The number of carbonyl (C=O) groups is 2. The highest BCUT2D eigenvalue weighted by Gasteiger charge is 2.50. The summed E-state index contributed by atoms with van der Waals surface area (Å²) in [5, 5.41) is 12.2. The molecule has 1 aromatic heterocycles. The zero-order valence-electron chi connectivity index (χ0n) is 19.5. The number of hydrogen-bond acceptors (Lipinski definition) is 6. The Kier molecular flexibility index (Phi) is 6.36. The Morgan fingerprint density at radius 2 is 1.73 bits per heavy atom. The number of hydrogen-bond donors (Lipinski definition) is 2. The Bertz CT molecular complexity index is 987. The van der Waals surface area contributed by atoms with Crippen LogP contribution in [0.2, 0.25) is 0 Å². The maximum atomic E-state index is 12.9. The maximum Gasteiger partial charge on any atom is 0.322 e. The smallest absolute Gasteiger partial charge is 0.322 e. The molecule has 1 saturated carbocycles. The Morgan fingerprint density at radius 1 is 1.09 bits per heavy atom. The highest BCUT2D eigenvalue weighted by Crippen LogP contribution is 2.46. The third-order valence-electron chi connectivity index (χ3n) is 7.20. The van der Waals surface area contributed by atoms with E-state index in [0.29, 0.717) is 12.2 Å². The van der Waals surface area contributed by atoms with Crippen LogP contribution in [0.25, 0.3) is 0 Å². The molecule has 2 aromatic rings. The van der Waals surface area contributed by atoms with E-state index in [4.69, 9.17) is 5.11 Å². The van der Waals surface area contributed by atoms with E-state index >= 15 is 0 Å². The third kappa shape index (κ3) is 4.30. The monoisotopic (exact) mass is 452 g/mol. The number of likely N-dealkylation sites (N-methyl/N-ethyl adjacent to an activating group) is 1. The maximum absolute atomic E-state index is 12.9. The molecular formula is C24H32N6O3. The first-order chi connectivity index (χ1) is 15.8. The summed E-state index contributed by atoms with van der Waals surface area (Å²) in [5.74, 6) is -0.327. The number of aliphatic hydroxyl groups excluding tert-OH is 1. The predicted octanol–water partition coefficient (Wildman–Crippen LogP) is 1.84. The number of urea groups is 1. The second-order valence-electron chi connectivity index (χ2n) is 9.30. The zero-order valence-corrected chi connectivity index (χ0v) is 19.5. The van der Waals surface area contributed by atoms with Crippen LogP contribution in [-0.2, 0) is 5.54 Å². The third-order valence-corrected chi connectivity index (χ3v) is 7.20. The van der Waals surface area contributed by atoms with Crippen LogP contribution in [-0.4, -0.2) is 83.2 Å². The highest BCUT2D eigenvalue weighted by atomic mass is 16.3. The van der Waals surface area contributed by atoms with Crippen LogP contribution in [0.4, 0.5) is 10.5 Å². The fourth-order valence-corrected chi connectivity index (χ4v) is 5.08. The van der Waals surface area contributed by atoms with Crippen molar-refractivity contribution in [1.82, 2.24) is 25.1 Å². The van der Waals surface area contributed by atoms with E-state index in [1.165, 1.54) is 22.9 Å². The minimum Gasteiger partial charge on any atom is -0.395 e. The molecule has 3 amide bonds. The minimum absolute atomic E-state index is 0.0420. The van der Waals surface area contributed by atoms with Gasteiger partial charge in [0.1, 0.15) is 0 Å². The fraction of sp³-hybridized carbons (Fsp3) is 0.500. The Morgan fingerprint density at radius 3 is 2.30 bits per heavy atom. The minimum atomic E-state index is -0.369. The van der Waals surface area contributed by atoms with Gasteiger partial charge in [-0.3, -0.25) is 14.6 Å². The second kappa shape index (κ2) is 9.07. The lowest BCUT2D eigenvalue weighted by Gasteiger charge is -2.48. The van der Waals surface area contributed by atoms with Crippen molar-refractivity contribution < 1.29 is 14.7 Å². The van der Waals surface area contributed by atoms with Crippen molar-refractivity contribution in [2.75, 3.05) is 45.7 Å². The van der Waals surface area contributed by atoms with Crippen molar-refractivity contribution in [3.8, 4) is 0 Å². The molecule has 1 aliphatic heterocycles. The summed E-state index contributed by atoms with van der Waals surface area (Å²) in [6, 6.07) is 10.4. The molecule has 2 heterocycles. The lowest BCUT2D eigenvalue weighted by molar-refractivity contribution is 0.0658. The topological polar surface area (TPSA) is 102 Å². The van der Waals surface area contributed by atoms with Gasteiger partial charge >= 0.3 is 6.03 Å². The Labute approximate surface area is 194 Å². The van der Waals surface area contributed by atoms with Crippen molar-refractivity contribution in [2.24, 2.45) is 0 Å². The van der Waals surface area contributed by atoms with Gasteiger partial charge < -0.3 is 15.3 Å². The lowest BCUT2D eigenvalue weighted by Crippen LogP contribution is -2.54. The SMILES string of the molecule is CN(CCO)C(=O)c1ncc(N2CC3(CCC(c4ccccc4)(N(C)C)CC3)NC2=O)cn1. The molecule has 4 rings (SSSR count). The molecule has 1 saturated heterocycles. The first-order valence-electron chi connectivity index (χ1n) is 11.3. The van der Waals surface area contributed by atoms with Gasteiger partial charge in [-0.25, -0.2) is 14.8 Å². The number of nitrogens with zero attached hydrogens (tertiary/aromatic N) is 5. The van der Waals surface area contributed by atoms with Crippen molar-refractivity contribution in [1.29, 1.82) is 0 Å². The molecule has 9 heteroatoms. The number of rotatable bonds is 6. The average Bonchev–Trinajstić information content (AvgIpc) is 3.15. The van der Waals surface area contributed by atoms with Crippen molar-refractivity contribution >= 4 is 17.6 Å². The van der Waals surface area contributed by atoms with Crippen molar-refractivity contribution in [3.63, 3.8) is 0 Å². The van der Waals surface area contributed by atoms with E-state index in [1.54, 1.807) is 11.9 Å². The number of benzene rings is 1. The summed E-state index contributed by atoms with van der Waals surface area (Å²) < 4.78 is 0. The van der Waals surface area contributed by atoms with E-state index in [0.717, 1.165) is 25.7 Å². The summed E-state index contributed by atoms with van der Waals surface area (Å²) in [7, 11) is 5.84. The molecule has 9 nitrogen and oxygen atoms in total. The molecule has 176 valence electrons. The highest BCUT2D eigenvalue weighted by molar-refractivity contribution is 5.95. The van der Waals surface area contributed by atoms with Crippen LogP contribution < -0.4 is 10.2 Å². The Balaban J connectivity index is 1.47. The molecule has 33 heavy (non-hydrogen) atoms. The molecule has 2 N–H and O–H groups in total. The molecule has 2 fully saturated rings. The number of aromatic nitrogens is 2. The Hall–Kier alpha value is -3.04. The number of aliphatic hydroxyl groups is 1. The van der Waals surface area contributed by atoms with Gasteiger partial charge in [-0.1, -0.05) is 30.3 Å². The van der Waals surface area contributed by atoms with Gasteiger partial charge in [-0.2, -0.15) is 0 Å². The van der Waals surface area contributed by atoms with Gasteiger partial charge in [0, 0.05) is 19.1 Å². The number of amides is 3. The molecular weight excluding hydrogens is 420 g/mol. The number of anilines is 1. The molecule has 0 unspecified atom stereocenters. The van der Waals surface area contributed by atoms with Crippen LogP contribution in [0, 0.1) is 0 Å². The largest absolute Gasteiger partial charge is 0.395 e. The zero-order chi connectivity index (χ0) is 23.6. The molecule has 1 spiro atoms. The molecule has 2 aliphatic rings. The quantitative estimate of drug-likeness (QED) is 0.694. The first kappa shape index (κ1) is 23.1. The van der Waals surface area contributed by atoms with Crippen LogP contribution in [0.5, 0.6) is 0 Å². The normalized spacial score (nSPS) is 24.9. The summed E-state index contributed by atoms with van der Waals surface area (Å²) in [4.78, 5) is 38.8. The summed E-state index contributed by atoms with van der Waals surface area (Å²) >= 11 is 0. The van der Waals surface area contributed by atoms with Gasteiger partial charge in [0.15, 0.2) is 0 Å². The standard InChI is InChI=1S/C24H32N6O3/c1-28(2)24(18-7-5-4-6-8-18)11-9-23(10-12-24)17-30(22(33)27-23)19-15-25-20(26-16-19)21(32)29(3)13-14-31/h4-8,15-16,31H,9-14,17H2,1-3H3,(H,27,33). The second-order valence-corrected chi connectivity index (χ2v) is 9.30. The van der Waals surface area contributed by atoms with Crippen LogP contribution in [0.3, 0.4) is 0 Å². The summed E-state index contributed by atoms with van der Waals surface area (Å²) in [5.41, 5.74) is 1.54. The van der Waals surface area contributed by atoms with Crippen molar-refractivity contribution in [2.45, 2.75) is 36.8 Å². The molecule has 0 radical (unpaired) electrons. The summed E-state index contributed by atoms with van der Waals surface area (Å²) in [6.07, 6.45) is 6.65. The van der Waals surface area contributed by atoms with Crippen molar-refractivity contribution in [3.05, 3.63) is 54.1 Å². The van der Waals surface area contributed by atoms with E-state index in [1.807, 2.05) is 6.07 Å². The molecule has 1 aliphatic carbocycles. The van der Waals surface area contributed by atoms with E-state index in [2.05, 4.69) is 58.5 Å². The lowest BCUT2D eigenvalue weighted by atomic mass is 9.69.